The van der Waals surface area contributed by atoms with Crippen molar-refractivity contribution in [2.45, 2.75) is 71.4 Å². The lowest BCUT2D eigenvalue weighted by Gasteiger charge is -2.35. The number of carbonyl (C=O) groups excluding carboxylic acids is 1. The normalized spacial score (nSPS) is 19.0. The fraction of sp³-hybridized carbons (Fsp3) is 0.765. The van der Waals surface area contributed by atoms with Gasteiger partial charge >= 0.3 is 12.1 Å². The van der Waals surface area contributed by atoms with Crippen LogP contribution < -0.4 is 0 Å². The van der Waals surface area contributed by atoms with Crippen LogP contribution in [-0.4, -0.2) is 55.8 Å². The predicted octanol–water partition coefficient (Wildman–Crippen LogP) is 2.85. The quantitative estimate of drug-likeness (QED) is 0.879. The minimum Gasteiger partial charge on any atom is -0.476 e. The number of hydrogen-bond acceptors (Lipinski definition) is 5. The van der Waals surface area contributed by atoms with Crippen molar-refractivity contribution in [3.63, 3.8) is 0 Å². The summed E-state index contributed by atoms with van der Waals surface area (Å²) in [5.41, 5.74) is -0.423. The van der Waals surface area contributed by atoms with E-state index in [9.17, 15) is 14.7 Å². The van der Waals surface area contributed by atoms with E-state index in [-0.39, 0.29) is 17.8 Å². The fourth-order valence-electron chi connectivity index (χ4n) is 3.04. The molecule has 1 aromatic heterocycles. The molecule has 2 rings (SSSR count). The zero-order chi connectivity index (χ0) is 19.0. The van der Waals surface area contributed by atoms with E-state index in [4.69, 9.17) is 4.74 Å². The first-order valence-electron chi connectivity index (χ1n) is 8.57. The molecule has 0 spiro atoms. The van der Waals surface area contributed by atoms with Crippen molar-refractivity contribution in [2.75, 3.05) is 13.1 Å². The van der Waals surface area contributed by atoms with Crippen molar-refractivity contribution in [3.8, 4) is 0 Å². The number of carboxylic acids is 1. The number of nitrogens with zero attached hydrogens (tertiary/aromatic N) is 4. The minimum atomic E-state index is -1.09. The SMILES string of the molecule is CC(C)(C)OC(=O)N1CCC[C@H](n2nnc(C(=O)O)c2C(C)(C)C)C1. The van der Waals surface area contributed by atoms with E-state index >= 15 is 0 Å². The summed E-state index contributed by atoms with van der Waals surface area (Å²) in [4.78, 5) is 25.5. The summed E-state index contributed by atoms with van der Waals surface area (Å²) >= 11 is 0. The van der Waals surface area contributed by atoms with Gasteiger partial charge in [-0.2, -0.15) is 0 Å². The molecule has 1 aliphatic rings. The molecule has 0 radical (unpaired) electrons. The second-order valence-electron chi connectivity index (χ2n) is 8.51. The average molecular weight is 352 g/mol. The molecule has 2 heterocycles. The Balaban J connectivity index is 2.27. The Morgan fingerprint density at radius 2 is 1.84 bits per heavy atom. The van der Waals surface area contributed by atoms with Gasteiger partial charge in [0.15, 0.2) is 5.69 Å². The average Bonchev–Trinajstić information content (AvgIpc) is 2.90. The first-order valence-corrected chi connectivity index (χ1v) is 8.57. The van der Waals surface area contributed by atoms with Crippen LogP contribution in [0.25, 0.3) is 0 Å². The van der Waals surface area contributed by atoms with Gasteiger partial charge in [-0.3, -0.25) is 0 Å². The van der Waals surface area contributed by atoms with Gasteiger partial charge in [0.25, 0.3) is 0 Å². The number of likely N-dealkylation sites (tertiary alicyclic amines) is 1. The molecule has 0 unspecified atom stereocenters. The summed E-state index contributed by atoms with van der Waals surface area (Å²) in [5, 5.41) is 17.4. The van der Waals surface area contributed by atoms with Crippen molar-refractivity contribution in [1.82, 2.24) is 19.9 Å². The number of piperidine rings is 1. The summed E-state index contributed by atoms with van der Waals surface area (Å²) in [6, 6.07) is -0.115. The molecule has 8 heteroatoms. The predicted molar refractivity (Wildman–Crippen MR) is 91.8 cm³/mol. The van der Waals surface area contributed by atoms with Crippen molar-refractivity contribution in [2.24, 2.45) is 0 Å². The van der Waals surface area contributed by atoms with Gasteiger partial charge in [-0.05, 0) is 33.6 Å². The molecule has 140 valence electrons. The highest BCUT2D eigenvalue weighted by molar-refractivity contribution is 5.86. The Hall–Kier alpha value is -2.12. The van der Waals surface area contributed by atoms with Crippen LogP contribution >= 0.6 is 0 Å². The van der Waals surface area contributed by atoms with E-state index < -0.39 is 17.0 Å². The van der Waals surface area contributed by atoms with Gasteiger partial charge in [0.2, 0.25) is 0 Å². The van der Waals surface area contributed by atoms with Gasteiger partial charge in [-0.15, -0.1) is 5.10 Å². The van der Waals surface area contributed by atoms with Crippen LogP contribution in [-0.2, 0) is 10.2 Å². The number of ether oxygens (including phenoxy) is 1. The maximum absolute atomic E-state index is 12.4. The smallest absolute Gasteiger partial charge is 0.410 e. The van der Waals surface area contributed by atoms with Crippen LogP contribution in [0.15, 0.2) is 0 Å². The van der Waals surface area contributed by atoms with Crippen LogP contribution in [0.3, 0.4) is 0 Å². The number of carbonyl (C=O) groups is 2. The maximum Gasteiger partial charge on any atom is 0.410 e. The topological polar surface area (TPSA) is 97.5 Å². The van der Waals surface area contributed by atoms with Crippen LogP contribution in [0.5, 0.6) is 0 Å². The lowest BCUT2D eigenvalue weighted by Crippen LogP contribution is -2.44. The van der Waals surface area contributed by atoms with Crippen LogP contribution in [0, 0.1) is 0 Å². The monoisotopic (exact) mass is 352 g/mol. The van der Waals surface area contributed by atoms with Crippen LogP contribution in [0.2, 0.25) is 0 Å². The van der Waals surface area contributed by atoms with Gasteiger partial charge in [0.05, 0.1) is 11.7 Å². The molecule has 0 bridgehead atoms. The molecule has 25 heavy (non-hydrogen) atoms. The third-order valence-electron chi connectivity index (χ3n) is 4.00. The van der Waals surface area contributed by atoms with Crippen LogP contribution in [0.1, 0.15) is 76.6 Å². The summed E-state index contributed by atoms with van der Waals surface area (Å²) < 4.78 is 7.13. The summed E-state index contributed by atoms with van der Waals surface area (Å²) in [6.45, 7) is 12.4. The molecule has 1 fully saturated rings. The third kappa shape index (κ3) is 4.49. The second-order valence-corrected chi connectivity index (χ2v) is 8.51. The molecule has 1 N–H and O–H groups in total. The van der Waals surface area contributed by atoms with E-state index in [0.717, 1.165) is 12.8 Å². The lowest BCUT2D eigenvalue weighted by molar-refractivity contribution is 0.0163. The lowest BCUT2D eigenvalue weighted by atomic mass is 9.89. The number of amides is 1. The van der Waals surface area contributed by atoms with Gasteiger partial charge in [0.1, 0.15) is 5.60 Å². The van der Waals surface area contributed by atoms with Gasteiger partial charge in [-0.25, -0.2) is 14.3 Å². The van der Waals surface area contributed by atoms with Crippen molar-refractivity contribution in [3.05, 3.63) is 11.4 Å². The molecule has 1 saturated heterocycles. The van der Waals surface area contributed by atoms with Crippen molar-refractivity contribution >= 4 is 12.1 Å². The highest BCUT2D eigenvalue weighted by Gasteiger charge is 2.35. The number of aromatic carboxylic acids is 1. The molecular weight excluding hydrogens is 324 g/mol. The molecule has 1 atom stereocenters. The first kappa shape index (κ1) is 19.2. The van der Waals surface area contributed by atoms with Gasteiger partial charge in [-0.1, -0.05) is 26.0 Å². The van der Waals surface area contributed by atoms with E-state index in [1.54, 1.807) is 9.58 Å². The zero-order valence-electron chi connectivity index (χ0n) is 15.9. The molecule has 0 aromatic carbocycles. The molecule has 1 aliphatic heterocycles. The molecule has 8 nitrogen and oxygen atoms in total. The Kier molecular flexibility index (Phi) is 5.11. The van der Waals surface area contributed by atoms with E-state index in [0.29, 0.717) is 18.8 Å². The van der Waals surface area contributed by atoms with Crippen molar-refractivity contribution in [1.29, 1.82) is 0 Å². The Bertz CT molecular complexity index is 655. The summed E-state index contributed by atoms with van der Waals surface area (Å²) in [7, 11) is 0. The Morgan fingerprint density at radius 3 is 2.36 bits per heavy atom. The molecular formula is C17H28N4O4. The molecule has 0 aliphatic carbocycles. The third-order valence-corrected chi connectivity index (χ3v) is 4.00. The number of aromatic nitrogens is 3. The van der Waals surface area contributed by atoms with Gasteiger partial charge < -0.3 is 14.7 Å². The van der Waals surface area contributed by atoms with E-state index in [1.165, 1.54) is 0 Å². The standard InChI is InChI=1S/C17H28N4O4/c1-16(2,3)13-12(14(22)23)18-19-21(13)11-8-7-9-20(10-11)15(24)25-17(4,5)6/h11H,7-10H2,1-6H3,(H,22,23)/t11-/m0/s1. The summed E-state index contributed by atoms with van der Waals surface area (Å²) in [5.74, 6) is -1.09. The highest BCUT2D eigenvalue weighted by Crippen LogP contribution is 2.31. The number of rotatable bonds is 2. The molecule has 1 aromatic rings. The number of hydrogen-bond donors (Lipinski definition) is 1. The zero-order valence-corrected chi connectivity index (χ0v) is 15.9. The summed E-state index contributed by atoms with van der Waals surface area (Å²) in [6.07, 6.45) is 1.26. The fourth-order valence-corrected chi connectivity index (χ4v) is 3.04. The van der Waals surface area contributed by atoms with Crippen molar-refractivity contribution < 1.29 is 19.4 Å². The van der Waals surface area contributed by atoms with E-state index in [1.807, 2.05) is 41.5 Å². The maximum atomic E-state index is 12.4. The van der Waals surface area contributed by atoms with E-state index in [2.05, 4.69) is 10.3 Å². The largest absolute Gasteiger partial charge is 0.476 e. The Morgan fingerprint density at radius 1 is 1.20 bits per heavy atom. The van der Waals surface area contributed by atoms with Gasteiger partial charge in [0, 0.05) is 18.5 Å². The highest BCUT2D eigenvalue weighted by atomic mass is 16.6. The second kappa shape index (κ2) is 6.65. The Labute approximate surface area is 148 Å². The first-order chi connectivity index (χ1) is 11.4. The number of carboxylic acid groups (broad SMARTS) is 1. The molecule has 0 saturated carbocycles. The molecule has 1 amide bonds. The van der Waals surface area contributed by atoms with Crippen LogP contribution in [0.4, 0.5) is 4.79 Å². The minimum absolute atomic E-state index is 0.0260.